The third-order valence-corrected chi connectivity index (χ3v) is 2.04. The normalized spacial score (nSPS) is 12.8. The molecule has 7 nitrogen and oxygen atoms in total. The van der Waals surface area contributed by atoms with Crippen LogP contribution in [-0.4, -0.2) is 24.3 Å². The van der Waals surface area contributed by atoms with Crippen molar-refractivity contribution in [3.63, 3.8) is 0 Å². The number of ether oxygens (including phenoxy) is 2. The Balaban J connectivity index is 2.58. The van der Waals surface area contributed by atoms with Crippen molar-refractivity contribution in [2.75, 3.05) is 13.2 Å². The van der Waals surface area contributed by atoms with Crippen LogP contribution in [0, 0.1) is 0 Å². The van der Waals surface area contributed by atoms with Crippen molar-refractivity contribution in [3.05, 3.63) is 28.1 Å². The average molecular weight is 221 g/mol. The fourth-order valence-electron chi connectivity index (χ4n) is 1.38. The molecule has 0 unspecified atom stereocenters. The average Bonchev–Trinajstić information content (AvgIpc) is 2.28. The minimum absolute atomic E-state index is 0.0132. The van der Waals surface area contributed by atoms with Crippen molar-refractivity contribution in [2.45, 2.75) is 0 Å². The molecule has 1 aliphatic rings. The quantitative estimate of drug-likeness (QED) is 0.468. The highest BCUT2D eigenvalue weighted by Crippen LogP contribution is 2.36. The highest BCUT2D eigenvalue weighted by molar-refractivity contribution is 5.94. The molecule has 0 aromatic heterocycles. The number of hydrogen-bond acceptors (Lipinski definition) is 4. The van der Waals surface area contributed by atoms with Gasteiger partial charge >= 0.3 is 5.97 Å². The number of fused-ring (bicyclic) bond motifs is 1. The third kappa shape index (κ3) is 1.71. The predicted molar refractivity (Wildman–Crippen MR) is 53.2 cm³/mol. The molecule has 82 valence electrons. The van der Waals surface area contributed by atoms with E-state index < -0.39 is 5.97 Å². The first-order valence-electron chi connectivity index (χ1n) is 4.44. The van der Waals surface area contributed by atoms with Crippen molar-refractivity contribution < 1.29 is 19.4 Å². The lowest BCUT2D eigenvalue weighted by Crippen LogP contribution is -2.15. The maximum atomic E-state index is 10.9. The summed E-state index contributed by atoms with van der Waals surface area (Å²) in [6.07, 6.45) is 0. The van der Waals surface area contributed by atoms with Gasteiger partial charge in [-0.1, -0.05) is 5.11 Å². The van der Waals surface area contributed by atoms with Gasteiger partial charge in [0.15, 0.2) is 11.5 Å². The lowest BCUT2D eigenvalue weighted by atomic mass is 10.1. The van der Waals surface area contributed by atoms with E-state index in [1.54, 1.807) is 0 Å². The summed E-state index contributed by atoms with van der Waals surface area (Å²) in [4.78, 5) is 13.5. The first kappa shape index (κ1) is 10.1. The van der Waals surface area contributed by atoms with E-state index in [1.165, 1.54) is 12.1 Å². The van der Waals surface area contributed by atoms with Crippen molar-refractivity contribution >= 4 is 11.7 Å². The molecule has 1 aromatic rings. The van der Waals surface area contributed by atoms with Crippen molar-refractivity contribution in [3.8, 4) is 11.5 Å². The van der Waals surface area contributed by atoms with Gasteiger partial charge in [0, 0.05) is 4.91 Å². The molecule has 0 atom stereocenters. The van der Waals surface area contributed by atoms with Gasteiger partial charge < -0.3 is 14.6 Å². The first-order chi connectivity index (χ1) is 7.72. The van der Waals surface area contributed by atoms with E-state index in [2.05, 4.69) is 10.0 Å². The van der Waals surface area contributed by atoms with Crippen LogP contribution in [0.5, 0.6) is 11.5 Å². The van der Waals surface area contributed by atoms with E-state index >= 15 is 0 Å². The van der Waals surface area contributed by atoms with E-state index in [0.717, 1.165) is 0 Å². The van der Waals surface area contributed by atoms with E-state index in [9.17, 15) is 4.79 Å². The molecular weight excluding hydrogens is 214 g/mol. The van der Waals surface area contributed by atoms with Crippen LogP contribution < -0.4 is 9.47 Å². The van der Waals surface area contributed by atoms with Gasteiger partial charge in [-0.3, -0.25) is 0 Å². The number of hydrogen-bond donors (Lipinski definition) is 1. The summed E-state index contributed by atoms with van der Waals surface area (Å²) in [5.74, 6) is -0.446. The van der Waals surface area contributed by atoms with Gasteiger partial charge in [0.2, 0.25) is 0 Å². The van der Waals surface area contributed by atoms with E-state index in [4.69, 9.17) is 20.1 Å². The second kappa shape index (κ2) is 4.00. The Morgan fingerprint density at radius 1 is 1.38 bits per heavy atom. The van der Waals surface area contributed by atoms with E-state index in [-0.39, 0.29) is 11.3 Å². The first-order valence-corrected chi connectivity index (χ1v) is 4.44. The molecule has 2 rings (SSSR count). The second-order valence-corrected chi connectivity index (χ2v) is 3.01. The molecule has 16 heavy (non-hydrogen) atoms. The largest absolute Gasteiger partial charge is 0.486 e. The van der Waals surface area contributed by atoms with Crippen LogP contribution in [-0.2, 0) is 0 Å². The smallest absolute Gasteiger partial charge is 0.336 e. The van der Waals surface area contributed by atoms with Gasteiger partial charge in [-0.2, -0.15) is 0 Å². The Morgan fingerprint density at radius 2 is 2.00 bits per heavy atom. The molecule has 7 heteroatoms. The fraction of sp³-hybridized carbons (Fsp3) is 0.222. The van der Waals surface area contributed by atoms with Crippen LogP contribution in [0.1, 0.15) is 10.4 Å². The molecular formula is C9H7N3O4. The standard InChI is InChI=1S/C9H7N3O4/c10-12-11-6-4-8-7(15-1-2-16-8)3-5(6)9(13)14/h3-4H,1-2H2,(H,13,14). The third-order valence-electron chi connectivity index (χ3n) is 2.04. The maximum Gasteiger partial charge on any atom is 0.336 e. The minimum Gasteiger partial charge on any atom is -0.486 e. The summed E-state index contributed by atoms with van der Waals surface area (Å²) >= 11 is 0. The Bertz CT molecular complexity index is 463. The lowest BCUT2D eigenvalue weighted by Gasteiger charge is -2.19. The zero-order valence-electron chi connectivity index (χ0n) is 8.08. The molecule has 0 radical (unpaired) electrons. The van der Waals surface area contributed by atoms with Crippen molar-refractivity contribution in [1.82, 2.24) is 0 Å². The molecule has 0 bridgehead atoms. The zero-order chi connectivity index (χ0) is 11.5. The van der Waals surface area contributed by atoms with Crippen LogP contribution in [0.2, 0.25) is 0 Å². The lowest BCUT2D eigenvalue weighted by molar-refractivity contribution is 0.0696. The highest BCUT2D eigenvalue weighted by atomic mass is 16.6. The number of azide groups is 1. The molecule has 0 saturated heterocycles. The molecule has 1 aliphatic heterocycles. The Labute approximate surface area is 89.8 Å². The molecule has 1 heterocycles. The summed E-state index contributed by atoms with van der Waals surface area (Å²) < 4.78 is 10.5. The fourth-order valence-corrected chi connectivity index (χ4v) is 1.38. The van der Waals surface area contributed by atoms with E-state index in [0.29, 0.717) is 24.7 Å². The Kier molecular flexibility index (Phi) is 2.53. The number of aromatic carboxylic acids is 1. The molecule has 0 amide bonds. The number of carbonyl (C=O) groups is 1. The number of carboxylic acids is 1. The SMILES string of the molecule is [N-]=[N+]=Nc1cc2c(cc1C(=O)O)OCCO2. The Morgan fingerprint density at radius 3 is 2.56 bits per heavy atom. The van der Waals surface area contributed by atoms with Gasteiger partial charge in [-0.15, -0.1) is 0 Å². The second-order valence-electron chi connectivity index (χ2n) is 3.01. The minimum atomic E-state index is -1.18. The zero-order valence-corrected chi connectivity index (χ0v) is 8.08. The van der Waals surface area contributed by atoms with Gasteiger partial charge in [0.05, 0.1) is 11.3 Å². The maximum absolute atomic E-state index is 10.9. The van der Waals surface area contributed by atoms with Crippen molar-refractivity contribution in [2.24, 2.45) is 5.11 Å². The topological polar surface area (TPSA) is 105 Å². The summed E-state index contributed by atoms with van der Waals surface area (Å²) in [5, 5.41) is 12.2. The number of carboxylic acid groups (broad SMARTS) is 1. The van der Waals surface area contributed by atoms with Crippen LogP contribution >= 0.6 is 0 Å². The summed E-state index contributed by atoms with van der Waals surface area (Å²) in [6.45, 7) is 0.752. The number of benzene rings is 1. The molecule has 1 N–H and O–H groups in total. The number of rotatable bonds is 2. The molecule has 1 aromatic carbocycles. The summed E-state index contributed by atoms with van der Waals surface area (Å²) in [7, 11) is 0. The molecule has 0 aliphatic carbocycles. The monoisotopic (exact) mass is 221 g/mol. The van der Waals surface area contributed by atoms with Gasteiger partial charge in [-0.25, -0.2) is 4.79 Å². The molecule has 0 fully saturated rings. The molecule has 0 spiro atoms. The van der Waals surface area contributed by atoms with E-state index in [1.807, 2.05) is 0 Å². The van der Waals surface area contributed by atoms with Crippen molar-refractivity contribution in [1.29, 1.82) is 0 Å². The molecule has 0 saturated carbocycles. The van der Waals surface area contributed by atoms with Gasteiger partial charge in [-0.05, 0) is 17.7 Å². The number of nitrogens with zero attached hydrogens (tertiary/aromatic N) is 3. The van der Waals surface area contributed by atoms with Crippen LogP contribution in [0.3, 0.4) is 0 Å². The van der Waals surface area contributed by atoms with Gasteiger partial charge in [0.1, 0.15) is 13.2 Å². The van der Waals surface area contributed by atoms with Crippen LogP contribution in [0.4, 0.5) is 5.69 Å². The van der Waals surface area contributed by atoms with Crippen LogP contribution in [0.15, 0.2) is 17.2 Å². The van der Waals surface area contributed by atoms with Crippen LogP contribution in [0.25, 0.3) is 10.4 Å². The summed E-state index contributed by atoms with van der Waals surface area (Å²) in [6, 6.07) is 2.65. The highest BCUT2D eigenvalue weighted by Gasteiger charge is 2.18. The predicted octanol–water partition coefficient (Wildman–Crippen LogP) is 2.10. The van der Waals surface area contributed by atoms with Gasteiger partial charge in [0.25, 0.3) is 0 Å². The Hall–Kier alpha value is -2.40. The summed E-state index contributed by atoms with van der Waals surface area (Å²) in [5.41, 5.74) is 8.23.